The molecule has 2 atom stereocenters. The summed E-state index contributed by atoms with van der Waals surface area (Å²) in [5.41, 5.74) is 2.32. The van der Waals surface area contributed by atoms with E-state index >= 15 is 0 Å². The Hall–Kier alpha value is -1.59. The van der Waals surface area contributed by atoms with Crippen LogP contribution in [0.1, 0.15) is 44.2 Å². The molecule has 0 radical (unpaired) electrons. The summed E-state index contributed by atoms with van der Waals surface area (Å²) in [4.78, 5) is 14.4. The van der Waals surface area contributed by atoms with Crippen molar-refractivity contribution in [3.8, 4) is 0 Å². The molecular formula is C20H30N2O3. The van der Waals surface area contributed by atoms with Gasteiger partial charge < -0.3 is 20.1 Å². The van der Waals surface area contributed by atoms with Crippen LogP contribution in [0.25, 0.3) is 0 Å². The van der Waals surface area contributed by atoms with E-state index in [1.54, 1.807) is 0 Å². The number of aliphatic hydroxyl groups is 1. The number of likely N-dealkylation sites (tertiary alicyclic amines) is 1. The number of urea groups is 1. The van der Waals surface area contributed by atoms with Gasteiger partial charge in [-0.2, -0.15) is 0 Å². The summed E-state index contributed by atoms with van der Waals surface area (Å²) in [7, 11) is 0. The third-order valence-corrected chi connectivity index (χ3v) is 6.02. The quantitative estimate of drug-likeness (QED) is 0.862. The van der Waals surface area contributed by atoms with Crippen LogP contribution >= 0.6 is 0 Å². The molecule has 1 aliphatic heterocycles. The van der Waals surface area contributed by atoms with E-state index in [1.807, 2.05) is 24.0 Å². The predicted molar refractivity (Wildman–Crippen MR) is 97.3 cm³/mol. The van der Waals surface area contributed by atoms with Gasteiger partial charge in [-0.25, -0.2) is 4.79 Å². The third-order valence-electron chi connectivity index (χ3n) is 6.02. The van der Waals surface area contributed by atoms with Crippen molar-refractivity contribution in [2.45, 2.75) is 58.3 Å². The molecule has 1 saturated heterocycles. The van der Waals surface area contributed by atoms with Crippen LogP contribution in [0, 0.1) is 5.41 Å². The van der Waals surface area contributed by atoms with E-state index in [4.69, 9.17) is 4.74 Å². The van der Waals surface area contributed by atoms with Gasteiger partial charge in [-0.1, -0.05) is 31.2 Å². The molecule has 2 aliphatic rings. The van der Waals surface area contributed by atoms with Crippen molar-refractivity contribution in [1.82, 2.24) is 10.2 Å². The summed E-state index contributed by atoms with van der Waals surface area (Å²) in [6.45, 7) is 6.73. The summed E-state index contributed by atoms with van der Waals surface area (Å²) in [6.07, 6.45) is 3.19. The molecule has 25 heavy (non-hydrogen) atoms. The molecule has 1 aromatic carbocycles. The zero-order valence-electron chi connectivity index (χ0n) is 15.3. The SMILES string of the molecule is CCO[C@H]1C[C@H](O)C12CCN(C(=O)NCc1ccccc1CC)CC2. The molecule has 1 spiro atoms. The van der Waals surface area contributed by atoms with Crippen molar-refractivity contribution in [2.75, 3.05) is 19.7 Å². The molecular weight excluding hydrogens is 316 g/mol. The second-order valence-electron chi connectivity index (χ2n) is 7.20. The van der Waals surface area contributed by atoms with Gasteiger partial charge in [0.25, 0.3) is 0 Å². The number of carbonyl (C=O) groups is 1. The van der Waals surface area contributed by atoms with E-state index in [0.29, 0.717) is 26.2 Å². The summed E-state index contributed by atoms with van der Waals surface area (Å²) in [5.74, 6) is 0. The summed E-state index contributed by atoms with van der Waals surface area (Å²) >= 11 is 0. The number of hydrogen-bond donors (Lipinski definition) is 2. The molecule has 2 fully saturated rings. The minimum absolute atomic E-state index is 0.0115. The van der Waals surface area contributed by atoms with Crippen molar-refractivity contribution in [3.63, 3.8) is 0 Å². The molecule has 1 aromatic rings. The summed E-state index contributed by atoms with van der Waals surface area (Å²) in [5, 5.41) is 13.3. The first-order valence-electron chi connectivity index (χ1n) is 9.50. The first-order chi connectivity index (χ1) is 12.1. The van der Waals surface area contributed by atoms with Gasteiger partial charge in [0.1, 0.15) is 0 Å². The number of nitrogens with one attached hydrogen (secondary N) is 1. The second-order valence-corrected chi connectivity index (χ2v) is 7.20. The number of nitrogens with zero attached hydrogens (tertiary/aromatic N) is 1. The predicted octanol–water partition coefficient (Wildman–Crippen LogP) is 2.71. The molecule has 1 saturated carbocycles. The van der Waals surface area contributed by atoms with Crippen LogP contribution in [0.5, 0.6) is 0 Å². The van der Waals surface area contributed by atoms with Gasteiger partial charge in [0.15, 0.2) is 0 Å². The van der Waals surface area contributed by atoms with Gasteiger partial charge >= 0.3 is 6.03 Å². The fraction of sp³-hybridized carbons (Fsp3) is 0.650. The van der Waals surface area contributed by atoms with Gasteiger partial charge in [0.2, 0.25) is 0 Å². The first kappa shape index (κ1) is 18.2. The largest absolute Gasteiger partial charge is 0.392 e. The number of aliphatic hydroxyl groups excluding tert-OH is 1. The highest BCUT2D eigenvalue weighted by Gasteiger charge is 2.56. The zero-order chi connectivity index (χ0) is 17.9. The zero-order valence-corrected chi connectivity index (χ0v) is 15.3. The molecule has 0 unspecified atom stereocenters. The number of rotatable bonds is 5. The van der Waals surface area contributed by atoms with Crippen molar-refractivity contribution >= 4 is 6.03 Å². The molecule has 0 bridgehead atoms. The first-order valence-corrected chi connectivity index (χ1v) is 9.50. The smallest absolute Gasteiger partial charge is 0.317 e. The lowest BCUT2D eigenvalue weighted by Crippen LogP contribution is -2.63. The molecule has 5 nitrogen and oxygen atoms in total. The van der Waals surface area contributed by atoms with Crippen LogP contribution in [0.3, 0.4) is 0 Å². The van der Waals surface area contributed by atoms with Crippen molar-refractivity contribution in [3.05, 3.63) is 35.4 Å². The number of aryl methyl sites for hydroxylation is 1. The monoisotopic (exact) mass is 346 g/mol. The van der Waals surface area contributed by atoms with Gasteiger partial charge in [0, 0.05) is 38.1 Å². The summed E-state index contributed by atoms with van der Waals surface area (Å²) in [6, 6.07) is 8.21. The molecule has 3 rings (SSSR count). The molecule has 5 heteroatoms. The Morgan fingerprint density at radius 1 is 1.28 bits per heavy atom. The van der Waals surface area contributed by atoms with Crippen LogP contribution in [0.15, 0.2) is 24.3 Å². The highest BCUT2D eigenvalue weighted by molar-refractivity contribution is 5.74. The Labute approximate surface area is 150 Å². The average Bonchev–Trinajstić information content (AvgIpc) is 2.66. The van der Waals surface area contributed by atoms with Gasteiger partial charge in [-0.3, -0.25) is 0 Å². The average molecular weight is 346 g/mol. The standard InChI is InChI=1S/C20H30N2O3/c1-3-15-7-5-6-8-16(15)14-21-19(24)22-11-9-20(10-12-22)17(23)13-18(20)25-4-2/h5-8,17-18,23H,3-4,9-14H2,1-2H3,(H,21,24)/t17-,18-/m0/s1. The Balaban J connectivity index is 1.52. The minimum Gasteiger partial charge on any atom is -0.392 e. The van der Waals surface area contributed by atoms with Crippen molar-refractivity contribution < 1.29 is 14.6 Å². The molecule has 1 aliphatic carbocycles. The lowest BCUT2D eigenvalue weighted by atomic mass is 9.58. The Kier molecular flexibility index (Phi) is 5.64. The van der Waals surface area contributed by atoms with Gasteiger partial charge in [0.05, 0.1) is 12.2 Å². The molecule has 138 valence electrons. The lowest BCUT2D eigenvalue weighted by molar-refractivity contribution is -0.207. The van der Waals surface area contributed by atoms with Gasteiger partial charge in [-0.15, -0.1) is 0 Å². The number of piperidine rings is 1. The maximum Gasteiger partial charge on any atom is 0.317 e. The van der Waals surface area contributed by atoms with E-state index in [1.165, 1.54) is 11.1 Å². The topological polar surface area (TPSA) is 61.8 Å². The van der Waals surface area contributed by atoms with E-state index < -0.39 is 0 Å². The van der Waals surface area contributed by atoms with Gasteiger partial charge in [-0.05, 0) is 37.3 Å². The third kappa shape index (κ3) is 3.53. The molecule has 1 heterocycles. The van der Waals surface area contributed by atoms with E-state index in [9.17, 15) is 9.90 Å². The maximum atomic E-state index is 12.5. The summed E-state index contributed by atoms with van der Waals surface area (Å²) < 4.78 is 5.79. The fourth-order valence-corrected chi connectivity index (χ4v) is 4.30. The van der Waals surface area contributed by atoms with Crippen LogP contribution in [-0.4, -0.2) is 47.9 Å². The van der Waals surface area contributed by atoms with E-state index in [2.05, 4.69) is 24.4 Å². The fourth-order valence-electron chi connectivity index (χ4n) is 4.30. The Bertz CT molecular complexity index is 594. The number of carbonyl (C=O) groups excluding carboxylic acids is 1. The number of hydrogen-bond acceptors (Lipinski definition) is 3. The highest BCUT2D eigenvalue weighted by atomic mass is 16.5. The number of benzene rings is 1. The highest BCUT2D eigenvalue weighted by Crippen LogP contribution is 2.50. The number of amides is 2. The lowest BCUT2D eigenvalue weighted by Gasteiger charge is -2.56. The van der Waals surface area contributed by atoms with Crippen LogP contribution in [0.2, 0.25) is 0 Å². The van der Waals surface area contributed by atoms with Crippen LogP contribution in [0.4, 0.5) is 4.79 Å². The molecule has 2 amide bonds. The number of ether oxygens (including phenoxy) is 1. The minimum atomic E-state index is -0.286. The Morgan fingerprint density at radius 3 is 2.56 bits per heavy atom. The van der Waals surface area contributed by atoms with Crippen LogP contribution in [-0.2, 0) is 17.7 Å². The van der Waals surface area contributed by atoms with Crippen molar-refractivity contribution in [1.29, 1.82) is 0 Å². The van der Waals surface area contributed by atoms with Crippen molar-refractivity contribution in [2.24, 2.45) is 5.41 Å². The second kappa shape index (κ2) is 7.75. The van der Waals surface area contributed by atoms with E-state index in [-0.39, 0.29) is 23.7 Å². The maximum absolute atomic E-state index is 12.5. The molecule has 0 aromatic heterocycles. The van der Waals surface area contributed by atoms with E-state index in [0.717, 1.165) is 25.7 Å². The normalized spacial score (nSPS) is 24.8. The Morgan fingerprint density at radius 2 is 1.96 bits per heavy atom. The van der Waals surface area contributed by atoms with Crippen LogP contribution < -0.4 is 5.32 Å². The molecule has 2 N–H and O–H groups in total.